The van der Waals surface area contributed by atoms with E-state index in [4.69, 9.17) is 4.84 Å². The molecule has 0 aliphatic heterocycles. The van der Waals surface area contributed by atoms with Crippen molar-refractivity contribution in [1.29, 1.82) is 0 Å². The molecule has 0 radical (unpaired) electrons. The molecule has 0 spiro atoms. The average molecular weight is 416 g/mol. The van der Waals surface area contributed by atoms with Gasteiger partial charge in [0, 0.05) is 23.6 Å². The molecule has 2 aromatic carbocycles. The third kappa shape index (κ3) is 6.14. The van der Waals surface area contributed by atoms with Gasteiger partial charge in [0.05, 0.1) is 11.0 Å². The lowest BCUT2D eigenvalue weighted by Gasteiger charge is -2.20. The molecule has 0 fully saturated rings. The minimum atomic E-state index is -3.68. The van der Waals surface area contributed by atoms with Crippen molar-refractivity contribution in [3.8, 4) is 0 Å². The Bertz CT molecular complexity index is 1000. The Balaban J connectivity index is 1.58. The molecule has 2 N–H and O–H groups in total. The van der Waals surface area contributed by atoms with Crippen molar-refractivity contribution in [2.75, 3.05) is 20.6 Å². The van der Waals surface area contributed by atoms with Crippen LogP contribution in [0.25, 0.3) is 10.9 Å². The summed E-state index contributed by atoms with van der Waals surface area (Å²) >= 11 is 0. The lowest BCUT2D eigenvalue weighted by molar-refractivity contribution is 0.00301. The number of nitrogens with zero attached hydrogens (tertiary/aromatic N) is 1. The molecule has 0 saturated heterocycles. The van der Waals surface area contributed by atoms with Gasteiger partial charge in [-0.3, -0.25) is 4.84 Å². The van der Waals surface area contributed by atoms with Crippen molar-refractivity contribution in [3.63, 3.8) is 0 Å². The van der Waals surface area contributed by atoms with Crippen LogP contribution in [-0.4, -0.2) is 45.0 Å². The minimum absolute atomic E-state index is 0.193. The molecule has 3 rings (SSSR count). The summed E-state index contributed by atoms with van der Waals surface area (Å²) in [5, 5.41) is 1.24. The Morgan fingerprint density at radius 3 is 2.52 bits per heavy atom. The van der Waals surface area contributed by atoms with Crippen LogP contribution in [0.1, 0.15) is 24.8 Å². The van der Waals surface area contributed by atoms with Gasteiger partial charge in [0.2, 0.25) is 0 Å². The SMILES string of the molecule is CN(C)CCC(CCCc1c[nH]c2ccccc12)ONS(=O)(=O)c1ccccc1. The van der Waals surface area contributed by atoms with E-state index in [1.165, 1.54) is 10.9 Å². The minimum Gasteiger partial charge on any atom is -0.361 e. The average Bonchev–Trinajstić information content (AvgIpc) is 3.13. The fraction of sp³-hybridized carbons (Fsp3) is 0.364. The maximum atomic E-state index is 12.4. The summed E-state index contributed by atoms with van der Waals surface area (Å²) in [6.45, 7) is 0.824. The van der Waals surface area contributed by atoms with Crippen LogP contribution in [0.2, 0.25) is 0 Å². The monoisotopic (exact) mass is 415 g/mol. The zero-order valence-electron chi connectivity index (χ0n) is 17.0. The van der Waals surface area contributed by atoms with Gasteiger partial charge in [0.15, 0.2) is 0 Å². The van der Waals surface area contributed by atoms with E-state index in [1.807, 2.05) is 26.2 Å². The van der Waals surface area contributed by atoms with Crippen LogP contribution in [0.3, 0.4) is 0 Å². The molecule has 0 amide bonds. The normalized spacial score (nSPS) is 13.2. The number of nitrogens with one attached hydrogen (secondary N) is 2. The van der Waals surface area contributed by atoms with Gasteiger partial charge in [-0.2, -0.15) is 0 Å². The molecule has 0 saturated carbocycles. The van der Waals surface area contributed by atoms with Crippen LogP contribution in [0, 0.1) is 0 Å². The van der Waals surface area contributed by atoms with Crippen molar-refractivity contribution in [3.05, 3.63) is 66.4 Å². The fourth-order valence-electron chi connectivity index (χ4n) is 3.30. The number of para-hydroxylation sites is 1. The second-order valence-electron chi connectivity index (χ2n) is 7.48. The lowest BCUT2D eigenvalue weighted by Crippen LogP contribution is -2.32. The largest absolute Gasteiger partial charge is 0.361 e. The van der Waals surface area contributed by atoms with Crippen LogP contribution in [0.15, 0.2) is 65.7 Å². The molecule has 6 nitrogen and oxygen atoms in total. The molecule has 0 bridgehead atoms. The molecule has 1 unspecified atom stereocenters. The quantitative estimate of drug-likeness (QED) is 0.468. The van der Waals surface area contributed by atoms with Crippen LogP contribution < -0.4 is 4.89 Å². The maximum absolute atomic E-state index is 12.4. The van der Waals surface area contributed by atoms with Gasteiger partial charge in [-0.15, -0.1) is 0 Å². The summed E-state index contributed by atoms with van der Waals surface area (Å²) in [6, 6.07) is 16.5. The molecule has 7 heteroatoms. The Kier molecular flexibility index (Phi) is 7.44. The van der Waals surface area contributed by atoms with Gasteiger partial charge in [0.1, 0.15) is 0 Å². The molecule has 29 heavy (non-hydrogen) atoms. The second kappa shape index (κ2) is 10.0. The van der Waals surface area contributed by atoms with E-state index < -0.39 is 10.0 Å². The van der Waals surface area contributed by atoms with Crippen LogP contribution in [0.5, 0.6) is 0 Å². The highest BCUT2D eigenvalue weighted by atomic mass is 32.2. The van der Waals surface area contributed by atoms with Crippen LogP contribution in [-0.2, 0) is 21.3 Å². The molecular formula is C22H29N3O3S. The first kappa shape index (κ1) is 21.5. The van der Waals surface area contributed by atoms with Crippen molar-refractivity contribution in [2.24, 2.45) is 0 Å². The van der Waals surface area contributed by atoms with E-state index >= 15 is 0 Å². The summed E-state index contributed by atoms with van der Waals surface area (Å²) < 4.78 is 24.9. The number of H-pyrrole nitrogens is 1. The van der Waals surface area contributed by atoms with Gasteiger partial charge in [-0.05, 0) is 63.5 Å². The lowest BCUT2D eigenvalue weighted by atomic mass is 10.0. The molecule has 3 aromatic rings. The Labute approximate surface area is 172 Å². The first-order valence-corrected chi connectivity index (χ1v) is 11.4. The van der Waals surface area contributed by atoms with Gasteiger partial charge in [-0.1, -0.05) is 41.3 Å². The Hall–Kier alpha value is -2.19. The number of benzene rings is 2. The summed E-state index contributed by atoms with van der Waals surface area (Å²) in [5.74, 6) is 0. The standard InChI is InChI=1S/C22H29N3O3S/c1-25(2)16-15-19(28-24-29(26,27)20-11-4-3-5-12-20)10-8-9-18-17-23-22-14-7-6-13-21(18)22/h3-7,11-14,17,19,23-24H,8-10,15-16H2,1-2H3. The Morgan fingerprint density at radius 2 is 1.76 bits per heavy atom. The second-order valence-corrected chi connectivity index (χ2v) is 9.13. The van der Waals surface area contributed by atoms with Gasteiger partial charge < -0.3 is 9.88 Å². The summed E-state index contributed by atoms with van der Waals surface area (Å²) in [7, 11) is 0.313. The molecular weight excluding hydrogens is 386 g/mol. The number of hydrogen-bond acceptors (Lipinski definition) is 4. The van der Waals surface area contributed by atoms with E-state index in [-0.39, 0.29) is 11.0 Å². The third-order valence-corrected chi connectivity index (χ3v) is 6.13. The van der Waals surface area contributed by atoms with Crippen LogP contribution >= 0.6 is 0 Å². The highest BCUT2D eigenvalue weighted by molar-refractivity contribution is 7.89. The highest BCUT2D eigenvalue weighted by Crippen LogP contribution is 2.20. The van der Waals surface area contributed by atoms with Gasteiger partial charge in [-0.25, -0.2) is 8.42 Å². The molecule has 1 aromatic heterocycles. The number of hydrogen-bond donors (Lipinski definition) is 2. The van der Waals surface area contributed by atoms with Crippen LogP contribution in [0.4, 0.5) is 0 Å². The smallest absolute Gasteiger partial charge is 0.262 e. The maximum Gasteiger partial charge on any atom is 0.262 e. The first-order chi connectivity index (χ1) is 14.0. The molecule has 0 aliphatic carbocycles. The van der Waals surface area contributed by atoms with Crippen molar-refractivity contribution in [1.82, 2.24) is 14.8 Å². The molecule has 156 valence electrons. The summed E-state index contributed by atoms with van der Waals surface area (Å²) in [4.78, 5) is 13.5. The van der Waals surface area contributed by atoms with E-state index in [1.54, 1.807) is 30.3 Å². The summed E-state index contributed by atoms with van der Waals surface area (Å²) in [5.41, 5.74) is 2.41. The summed E-state index contributed by atoms with van der Waals surface area (Å²) in [6.07, 6.45) is 5.20. The number of fused-ring (bicyclic) bond motifs is 1. The van der Waals surface area contributed by atoms with Gasteiger partial charge >= 0.3 is 0 Å². The number of rotatable bonds is 11. The highest BCUT2D eigenvalue weighted by Gasteiger charge is 2.18. The predicted octanol–water partition coefficient (Wildman–Crippen LogP) is 3.72. The zero-order chi connectivity index (χ0) is 20.7. The predicted molar refractivity (Wildman–Crippen MR) is 116 cm³/mol. The van der Waals surface area contributed by atoms with E-state index in [9.17, 15) is 8.42 Å². The van der Waals surface area contributed by atoms with Crippen molar-refractivity contribution < 1.29 is 13.3 Å². The number of aromatic amines is 1. The van der Waals surface area contributed by atoms with Gasteiger partial charge in [0.25, 0.3) is 10.0 Å². The van der Waals surface area contributed by atoms with Crippen molar-refractivity contribution in [2.45, 2.75) is 36.7 Å². The molecule has 1 atom stereocenters. The molecule has 1 heterocycles. The fourth-order valence-corrected chi connectivity index (χ4v) is 4.18. The van der Waals surface area contributed by atoms with E-state index in [2.05, 4.69) is 33.1 Å². The number of sulfonamides is 1. The van der Waals surface area contributed by atoms with E-state index in [0.29, 0.717) is 0 Å². The third-order valence-electron chi connectivity index (χ3n) is 4.92. The topological polar surface area (TPSA) is 74.4 Å². The van der Waals surface area contributed by atoms with Crippen molar-refractivity contribution >= 4 is 20.9 Å². The number of aryl methyl sites for hydroxylation is 1. The number of aromatic nitrogens is 1. The Morgan fingerprint density at radius 1 is 1.03 bits per heavy atom. The zero-order valence-corrected chi connectivity index (χ0v) is 17.8. The van der Waals surface area contributed by atoms with E-state index in [0.717, 1.165) is 37.7 Å². The molecule has 0 aliphatic rings. The first-order valence-electron chi connectivity index (χ1n) is 9.88.